The smallest absolute Gasteiger partial charge is 0.176 e. The van der Waals surface area contributed by atoms with Crippen molar-refractivity contribution in [3.8, 4) is 0 Å². The Balaban J connectivity index is 2.91. The predicted molar refractivity (Wildman–Crippen MR) is 66.7 cm³/mol. The van der Waals surface area contributed by atoms with Crippen LogP contribution < -0.4 is 5.73 Å². The van der Waals surface area contributed by atoms with Crippen molar-refractivity contribution in [1.29, 1.82) is 0 Å². The number of hydrogen-bond donors (Lipinski definition) is 1. The Labute approximate surface area is 95.7 Å². The fourth-order valence-electron chi connectivity index (χ4n) is 2.14. The first-order valence-electron chi connectivity index (χ1n) is 5.59. The number of nitrogens with zero attached hydrogens (tertiary/aromatic N) is 1. The van der Waals surface area contributed by atoms with Gasteiger partial charge in [0.2, 0.25) is 0 Å². The van der Waals surface area contributed by atoms with E-state index in [-0.39, 0.29) is 0 Å². The van der Waals surface area contributed by atoms with Crippen molar-refractivity contribution in [2.75, 3.05) is 5.73 Å². The van der Waals surface area contributed by atoms with E-state index in [0.29, 0.717) is 5.92 Å². The van der Waals surface area contributed by atoms with Gasteiger partial charge in [-0.2, -0.15) is 0 Å². The molecule has 0 amide bonds. The number of hydrogen-bond acceptors (Lipinski definition) is 3. The highest BCUT2D eigenvalue weighted by Gasteiger charge is 2.19. The number of pyridine rings is 1. The predicted octanol–water partition coefficient (Wildman–Crippen LogP) is 3.46. The van der Waals surface area contributed by atoms with Crippen molar-refractivity contribution in [1.82, 2.24) is 4.98 Å². The van der Waals surface area contributed by atoms with Crippen LogP contribution in [0.1, 0.15) is 42.3 Å². The average molecular weight is 218 g/mol. The standard InChI is InChI=1S/C13H18N2O/c1-6(2)10-9(5)16-13-11(14)7(3)8(4)15-12(10)13/h6H,1-5H3,(H2,14,15). The van der Waals surface area contributed by atoms with Crippen LogP contribution in [0.15, 0.2) is 4.42 Å². The summed E-state index contributed by atoms with van der Waals surface area (Å²) >= 11 is 0. The van der Waals surface area contributed by atoms with Crippen molar-refractivity contribution in [3.05, 3.63) is 22.6 Å². The fourth-order valence-corrected chi connectivity index (χ4v) is 2.14. The number of anilines is 1. The molecule has 3 heteroatoms. The van der Waals surface area contributed by atoms with Crippen LogP contribution in [0.2, 0.25) is 0 Å². The number of nitrogen functional groups attached to an aromatic ring is 1. The van der Waals surface area contributed by atoms with E-state index in [2.05, 4.69) is 18.8 Å². The fraction of sp³-hybridized carbons (Fsp3) is 0.462. The summed E-state index contributed by atoms with van der Waals surface area (Å²) in [5.41, 5.74) is 11.6. The molecule has 0 bridgehead atoms. The summed E-state index contributed by atoms with van der Waals surface area (Å²) in [6.07, 6.45) is 0. The van der Waals surface area contributed by atoms with E-state index in [1.807, 2.05) is 20.8 Å². The average Bonchev–Trinajstić information content (AvgIpc) is 2.51. The van der Waals surface area contributed by atoms with Gasteiger partial charge in [0.25, 0.3) is 0 Å². The lowest BCUT2D eigenvalue weighted by Gasteiger charge is -2.06. The van der Waals surface area contributed by atoms with Crippen LogP contribution in [0.3, 0.4) is 0 Å². The van der Waals surface area contributed by atoms with Gasteiger partial charge in [-0.15, -0.1) is 0 Å². The maximum absolute atomic E-state index is 6.07. The summed E-state index contributed by atoms with van der Waals surface area (Å²) < 4.78 is 5.74. The van der Waals surface area contributed by atoms with Crippen LogP contribution in [-0.4, -0.2) is 4.98 Å². The molecule has 3 nitrogen and oxygen atoms in total. The second kappa shape index (κ2) is 3.51. The van der Waals surface area contributed by atoms with Crippen LogP contribution in [0, 0.1) is 20.8 Å². The molecule has 2 rings (SSSR count). The quantitative estimate of drug-likeness (QED) is 0.797. The molecule has 2 aromatic heterocycles. The summed E-state index contributed by atoms with van der Waals surface area (Å²) in [4.78, 5) is 4.60. The number of furan rings is 1. The summed E-state index contributed by atoms with van der Waals surface area (Å²) in [6.45, 7) is 10.2. The van der Waals surface area contributed by atoms with Gasteiger partial charge in [-0.25, -0.2) is 4.98 Å². The molecule has 0 radical (unpaired) electrons. The maximum Gasteiger partial charge on any atom is 0.176 e. The second-order valence-corrected chi connectivity index (χ2v) is 4.64. The first kappa shape index (κ1) is 11.0. The van der Waals surface area contributed by atoms with Crippen LogP contribution in [0.5, 0.6) is 0 Å². The highest BCUT2D eigenvalue weighted by molar-refractivity contribution is 5.90. The van der Waals surface area contributed by atoms with Crippen molar-refractivity contribution >= 4 is 16.8 Å². The Morgan fingerprint density at radius 2 is 1.81 bits per heavy atom. The summed E-state index contributed by atoms with van der Waals surface area (Å²) in [5.74, 6) is 1.32. The highest BCUT2D eigenvalue weighted by atomic mass is 16.3. The number of aromatic nitrogens is 1. The minimum Gasteiger partial charge on any atom is -0.457 e. The van der Waals surface area contributed by atoms with Gasteiger partial charge in [0.1, 0.15) is 11.3 Å². The lowest BCUT2D eigenvalue weighted by Crippen LogP contribution is -1.97. The maximum atomic E-state index is 6.07. The molecule has 0 aliphatic rings. The molecule has 0 unspecified atom stereocenters. The van der Waals surface area contributed by atoms with E-state index in [1.165, 1.54) is 5.56 Å². The SMILES string of the molecule is Cc1nc2c(C(C)C)c(C)oc2c(N)c1C. The van der Waals surface area contributed by atoms with Gasteiger partial charge in [-0.3, -0.25) is 0 Å². The molecular weight excluding hydrogens is 200 g/mol. The lowest BCUT2D eigenvalue weighted by molar-refractivity contribution is 0.568. The molecular formula is C13H18N2O. The van der Waals surface area contributed by atoms with Crippen molar-refractivity contribution < 1.29 is 4.42 Å². The van der Waals surface area contributed by atoms with E-state index in [4.69, 9.17) is 10.2 Å². The third-order valence-electron chi connectivity index (χ3n) is 3.15. The Hall–Kier alpha value is -1.51. The number of nitrogens with two attached hydrogens (primary N) is 1. The monoisotopic (exact) mass is 218 g/mol. The van der Waals surface area contributed by atoms with Gasteiger partial charge in [-0.05, 0) is 32.3 Å². The van der Waals surface area contributed by atoms with Gasteiger partial charge in [0.15, 0.2) is 5.58 Å². The van der Waals surface area contributed by atoms with Gasteiger partial charge >= 0.3 is 0 Å². The number of aryl methyl sites for hydroxylation is 2. The van der Waals surface area contributed by atoms with Crippen molar-refractivity contribution in [2.24, 2.45) is 0 Å². The Morgan fingerprint density at radius 3 is 2.38 bits per heavy atom. The van der Waals surface area contributed by atoms with Crippen LogP contribution in [0.25, 0.3) is 11.1 Å². The molecule has 16 heavy (non-hydrogen) atoms. The van der Waals surface area contributed by atoms with Crippen LogP contribution >= 0.6 is 0 Å². The minimum absolute atomic E-state index is 0.398. The van der Waals surface area contributed by atoms with E-state index in [9.17, 15) is 0 Å². The Morgan fingerprint density at radius 1 is 1.19 bits per heavy atom. The molecule has 2 heterocycles. The van der Waals surface area contributed by atoms with E-state index in [0.717, 1.165) is 33.8 Å². The second-order valence-electron chi connectivity index (χ2n) is 4.64. The first-order valence-corrected chi connectivity index (χ1v) is 5.59. The topological polar surface area (TPSA) is 52.0 Å². The van der Waals surface area contributed by atoms with E-state index < -0.39 is 0 Å². The Kier molecular flexibility index (Phi) is 2.41. The highest BCUT2D eigenvalue weighted by Crippen LogP contribution is 2.34. The first-order chi connectivity index (χ1) is 7.43. The van der Waals surface area contributed by atoms with Crippen molar-refractivity contribution in [3.63, 3.8) is 0 Å². The molecule has 0 saturated heterocycles. The molecule has 86 valence electrons. The zero-order valence-electron chi connectivity index (χ0n) is 10.5. The third kappa shape index (κ3) is 1.39. The van der Waals surface area contributed by atoms with Crippen LogP contribution in [0.4, 0.5) is 5.69 Å². The van der Waals surface area contributed by atoms with E-state index in [1.54, 1.807) is 0 Å². The van der Waals surface area contributed by atoms with Crippen molar-refractivity contribution in [2.45, 2.75) is 40.5 Å². The molecule has 0 fully saturated rings. The van der Waals surface area contributed by atoms with Gasteiger partial charge in [0, 0.05) is 11.3 Å². The summed E-state index contributed by atoms with van der Waals surface area (Å²) in [5, 5.41) is 0. The summed E-state index contributed by atoms with van der Waals surface area (Å²) in [6, 6.07) is 0. The Bertz CT molecular complexity index is 553. The molecule has 2 aromatic rings. The van der Waals surface area contributed by atoms with E-state index >= 15 is 0 Å². The molecule has 0 aliphatic carbocycles. The molecule has 0 aromatic carbocycles. The lowest BCUT2D eigenvalue weighted by atomic mass is 10.0. The van der Waals surface area contributed by atoms with Gasteiger partial charge < -0.3 is 10.2 Å². The third-order valence-corrected chi connectivity index (χ3v) is 3.15. The van der Waals surface area contributed by atoms with Crippen LogP contribution in [-0.2, 0) is 0 Å². The number of fused-ring (bicyclic) bond motifs is 1. The molecule has 0 spiro atoms. The summed E-state index contributed by atoms with van der Waals surface area (Å²) in [7, 11) is 0. The molecule has 2 N–H and O–H groups in total. The largest absolute Gasteiger partial charge is 0.457 e. The zero-order valence-corrected chi connectivity index (χ0v) is 10.5. The molecule has 0 aliphatic heterocycles. The van der Waals surface area contributed by atoms with Gasteiger partial charge in [-0.1, -0.05) is 13.8 Å². The molecule has 0 saturated carbocycles. The zero-order chi connectivity index (χ0) is 12.0. The number of rotatable bonds is 1. The normalized spacial score (nSPS) is 11.6. The molecule has 0 atom stereocenters. The minimum atomic E-state index is 0.398. The van der Waals surface area contributed by atoms with Gasteiger partial charge in [0.05, 0.1) is 5.69 Å².